The molecule has 47 heavy (non-hydrogen) atoms. The van der Waals surface area contributed by atoms with Gasteiger partial charge in [-0.1, -0.05) is 36.8 Å². The van der Waals surface area contributed by atoms with Crippen molar-refractivity contribution in [1.82, 2.24) is 4.90 Å². The molecule has 0 unspecified atom stereocenters. The average molecular weight is 695 g/mol. The maximum atomic E-state index is 13.6. The molecule has 11 nitrogen and oxygen atoms in total. The highest BCUT2D eigenvalue weighted by atomic mass is 31.2. The smallest absolute Gasteiger partial charge is 0.369 e. The number of ether oxygens (including phenoxy) is 1. The van der Waals surface area contributed by atoms with Crippen LogP contribution in [0.15, 0.2) is 66.7 Å². The Labute approximate surface area is 274 Å². The minimum Gasteiger partial charge on any atom is -0.508 e. The second-order valence-corrected chi connectivity index (χ2v) is 16.1. The van der Waals surface area contributed by atoms with Crippen molar-refractivity contribution in [3.8, 4) is 11.5 Å². The van der Waals surface area contributed by atoms with Gasteiger partial charge in [-0.15, -0.1) is 0 Å². The first-order valence-corrected chi connectivity index (χ1v) is 19.0. The molecule has 0 aromatic heterocycles. The summed E-state index contributed by atoms with van der Waals surface area (Å²) in [6.45, 7) is 4.02. The van der Waals surface area contributed by atoms with Crippen LogP contribution in [0.3, 0.4) is 0 Å². The van der Waals surface area contributed by atoms with E-state index in [2.05, 4.69) is 29.2 Å². The van der Waals surface area contributed by atoms with Crippen LogP contribution in [-0.4, -0.2) is 72.6 Å². The molecule has 1 heterocycles. The molecule has 258 valence electrons. The average Bonchev–Trinajstić information content (AvgIpc) is 3.03. The van der Waals surface area contributed by atoms with Crippen molar-refractivity contribution >= 4 is 15.2 Å². The highest BCUT2D eigenvalue weighted by molar-refractivity contribution is 7.72. The van der Waals surface area contributed by atoms with Gasteiger partial charge in [0.2, 0.25) is 0 Å². The molecule has 1 fully saturated rings. The van der Waals surface area contributed by atoms with Crippen molar-refractivity contribution in [2.45, 2.75) is 61.9 Å². The van der Waals surface area contributed by atoms with E-state index in [-0.39, 0.29) is 30.6 Å². The number of aromatic hydroxyl groups is 1. The third-order valence-corrected chi connectivity index (χ3v) is 12.8. The molecule has 2 aliphatic rings. The van der Waals surface area contributed by atoms with E-state index in [0.29, 0.717) is 12.4 Å². The van der Waals surface area contributed by atoms with Crippen molar-refractivity contribution in [3.05, 3.63) is 94.8 Å². The van der Waals surface area contributed by atoms with E-state index in [0.717, 1.165) is 30.7 Å². The molecule has 0 spiro atoms. The molecule has 3 aromatic carbocycles. The van der Waals surface area contributed by atoms with Crippen LogP contribution >= 0.6 is 15.2 Å². The van der Waals surface area contributed by atoms with Crippen LogP contribution in [0.1, 0.15) is 72.6 Å². The van der Waals surface area contributed by atoms with Crippen LogP contribution in [0.25, 0.3) is 0 Å². The predicted octanol–water partition coefficient (Wildman–Crippen LogP) is 4.98. The van der Waals surface area contributed by atoms with Gasteiger partial charge in [0.15, 0.2) is 0 Å². The molecule has 0 amide bonds. The number of hydrogen-bond acceptors (Lipinski definition) is 7. The van der Waals surface area contributed by atoms with Crippen LogP contribution < -0.4 is 10.5 Å². The SMILES string of the molecule is NCCCC(O)(P(=O)(O)O)P(=O)(O)O.Oc1ccc2c(c1)CC[C@H](c1ccc(F)cc1)[C@@H]2c1ccc(OCCN2CCCCC2)cc1. The Bertz CT molecular complexity index is 1520. The van der Waals surface area contributed by atoms with Crippen molar-refractivity contribution in [2.75, 3.05) is 32.8 Å². The molecule has 8 N–H and O–H groups in total. The number of phenols is 1. The monoisotopic (exact) mass is 694 g/mol. The largest absolute Gasteiger partial charge is 0.508 e. The molecule has 14 heteroatoms. The quantitative estimate of drug-likeness (QED) is 0.134. The summed E-state index contributed by atoms with van der Waals surface area (Å²) in [5.41, 5.74) is 9.82. The third-order valence-electron chi connectivity index (χ3n) is 8.90. The van der Waals surface area contributed by atoms with E-state index >= 15 is 0 Å². The van der Waals surface area contributed by atoms with Gasteiger partial charge in [0.25, 0.3) is 5.08 Å². The molecule has 1 aliphatic carbocycles. The number of halogens is 1. The number of hydrogen-bond donors (Lipinski definition) is 7. The van der Waals surface area contributed by atoms with Crippen molar-refractivity contribution in [2.24, 2.45) is 5.73 Å². The van der Waals surface area contributed by atoms with Gasteiger partial charge in [0.05, 0.1) is 0 Å². The molecule has 0 bridgehead atoms. The number of fused-ring (bicyclic) bond motifs is 1. The Morgan fingerprint density at radius 2 is 1.51 bits per heavy atom. The lowest BCUT2D eigenvalue weighted by atomic mass is 9.69. The van der Waals surface area contributed by atoms with Gasteiger partial charge in [-0.3, -0.25) is 14.0 Å². The third kappa shape index (κ3) is 9.50. The molecule has 1 aliphatic heterocycles. The zero-order valence-corrected chi connectivity index (χ0v) is 28.0. The highest BCUT2D eigenvalue weighted by Gasteiger charge is 2.58. The van der Waals surface area contributed by atoms with Gasteiger partial charge < -0.3 is 40.3 Å². The van der Waals surface area contributed by atoms with Crippen molar-refractivity contribution in [1.29, 1.82) is 0 Å². The van der Waals surface area contributed by atoms with E-state index < -0.39 is 26.7 Å². The number of benzene rings is 3. The summed E-state index contributed by atoms with van der Waals surface area (Å²) in [6, 6.07) is 21.1. The summed E-state index contributed by atoms with van der Waals surface area (Å²) in [7, 11) is -10.6. The standard InChI is InChI=1S/C29H32FNO2.C4H13NO7P2/c30-24-9-4-21(5-10-24)27-14-8-23-20-25(32)11-15-28(23)29(27)22-6-12-26(13-7-22)33-19-18-31-16-2-1-3-17-31;5-3-1-2-4(6,13(7,8)9)14(10,11)12/h4-7,9-13,15,20,27,29,32H,1-3,8,14,16-19H2;6H,1-3,5H2,(H2,7,8,9)(H2,10,11,12)/t27-,29+;/m1./s1. The molecule has 0 saturated carbocycles. The fourth-order valence-corrected chi connectivity index (χ4v) is 8.59. The number of likely N-dealkylation sites (tertiary alicyclic amines) is 1. The number of piperidine rings is 1. The normalized spacial score (nSPS) is 19.0. The van der Waals surface area contributed by atoms with Gasteiger partial charge in [-0.2, -0.15) is 0 Å². The van der Waals surface area contributed by atoms with Crippen LogP contribution in [-0.2, 0) is 15.6 Å². The number of aliphatic hydroxyl groups is 1. The Morgan fingerprint density at radius 1 is 0.894 bits per heavy atom. The van der Waals surface area contributed by atoms with Crippen LogP contribution in [0.2, 0.25) is 0 Å². The van der Waals surface area contributed by atoms with Gasteiger partial charge in [0, 0.05) is 18.9 Å². The lowest BCUT2D eigenvalue weighted by Crippen LogP contribution is -2.33. The number of rotatable bonds is 11. The van der Waals surface area contributed by atoms with Crippen molar-refractivity contribution < 1.29 is 48.0 Å². The van der Waals surface area contributed by atoms with Gasteiger partial charge in [-0.25, -0.2) is 4.39 Å². The van der Waals surface area contributed by atoms with Gasteiger partial charge >= 0.3 is 15.2 Å². The first-order chi connectivity index (χ1) is 22.2. The molecular weight excluding hydrogens is 649 g/mol. The fourth-order valence-electron chi connectivity index (χ4n) is 6.33. The minimum atomic E-state index is -5.30. The summed E-state index contributed by atoms with van der Waals surface area (Å²) in [6.07, 6.45) is 4.95. The summed E-state index contributed by atoms with van der Waals surface area (Å²) in [5.74, 6) is 1.42. The number of nitrogens with zero attached hydrogens (tertiary/aromatic N) is 1. The van der Waals surface area contributed by atoms with E-state index in [1.807, 2.05) is 24.3 Å². The molecule has 0 radical (unpaired) electrons. The second-order valence-electron chi connectivity index (χ2n) is 12.1. The number of phenolic OH excluding ortho intramolecular Hbond substituents is 1. The number of aryl methyl sites for hydroxylation is 1. The summed E-state index contributed by atoms with van der Waals surface area (Å²) < 4.78 is 41.1. The Morgan fingerprint density at radius 3 is 2.11 bits per heavy atom. The van der Waals surface area contributed by atoms with Crippen molar-refractivity contribution in [3.63, 3.8) is 0 Å². The van der Waals surface area contributed by atoms with Crippen LogP contribution in [0, 0.1) is 5.82 Å². The minimum absolute atomic E-state index is 0.0394. The zero-order valence-electron chi connectivity index (χ0n) is 26.2. The Balaban J connectivity index is 0.000000304. The molecule has 1 saturated heterocycles. The molecular formula is C33H45FN2O9P2. The Hall–Kier alpha value is -2.63. The zero-order chi connectivity index (χ0) is 34.2. The summed E-state index contributed by atoms with van der Waals surface area (Å²) >= 11 is 0. The topological polar surface area (TPSA) is 194 Å². The summed E-state index contributed by atoms with van der Waals surface area (Å²) in [4.78, 5) is 37.0. The maximum absolute atomic E-state index is 13.6. The van der Waals surface area contributed by atoms with E-state index in [1.165, 1.54) is 49.0 Å². The summed E-state index contributed by atoms with van der Waals surface area (Å²) in [5, 5.41) is 15.9. The van der Waals surface area contributed by atoms with E-state index in [1.54, 1.807) is 18.2 Å². The van der Waals surface area contributed by atoms with E-state index in [4.69, 9.17) is 30.0 Å². The Kier molecular flexibility index (Phi) is 12.8. The molecule has 5 rings (SSSR count). The van der Waals surface area contributed by atoms with Crippen LogP contribution in [0.5, 0.6) is 11.5 Å². The first kappa shape index (κ1) is 37.2. The highest BCUT2D eigenvalue weighted by Crippen LogP contribution is 2.69. The van der Waals surface area contributed by atoms with E-state index in [9.17, 15) is 23.7 Å². The number of nitrogens with two attached hydrogens (primary N) is 1. The molecule has 3 aromatic rings. The lowest BCUT2D eigenvalue weighted by molar-refractivity contribution is 0.121. The first-order valence-electron chi connectivity index (χ1n) is 15.8. The maximum Gasteiger partial charge on any atom is 0.369 e. The van der Waals surface area contributed by atoms with Gasteiger partial charge in [0.1, 0.15) is 23.9 Å². The molecule has 2 atom stereocenters. The predicted molar refractivity (Wildman–Crippen MR) is 177 cm³/mol. The van der Waals surface area contributed by atoms with Gasteiger partial charge in [-0.05, 0) is 116 Å². The second kappa shape index (κ2) is 16.2. The van der Waals surface area contributed by atoms with Crippen LogP contribution in [0.4, 0.5) is 4.39 Å². The lowest BCUT2D eigenvalue weighted by Gasteiger charge is -2.35. The fraction of sp³-hybridized carbons (Fsp3) is 0.455.